The second-order valence-electron chi connectivity index (χ2n) is 5.47. The summed E-state index contributed by atoms with van der Waals surface area (Å²) in [6.45, 7) is 0. The summed E-state index contributed by atoms with van der Waals surface area (Å²) in [6, 6.07) is 8.31. The van der Waals surface area contributed by atoms with E-state index in [0.717, 1.165) is 17.7 Å². The van der Waals surface area contributed by atoms with Crippen molar-refractivity contribution in [3.63, 3.8) is 0 Å². The fourth-order valence-electron chi connectivity index (χ4n) is 2.85. The molecule has 7 heteroatoms. The third-order valence-corrected chi connectivity index (χ3v) is 4.00. The molecule has 0 saturated carbocycles. The summed E-state index contributed by atoms with van der Waals surface area (Å²) in [5.74, 6) is 0.0606. The van der Waals surface area contributed by atoms with Crippen molar-refractivity contribution in [2.45, 2.75) is 19.0 Å². The minimum atomic E-state index is -4.66. The molecule has 0 atom stereocenters. The Morgan fingerprint density at radius 1 is 0.957 bits per heavy atom. The molecule has 0 heterocycles. The van der Waals surface area contributed by atoms with Crippen molar-refractivity contribution >= 4 is 18.4 Å². The van der Waals surface area contributed by atoms with Gasteiger partial charge >= 0.3 is 13.3 Å². The van der Waals surface area contributed by atoms with E-state index in [-0.39, 0.29) is 5.78 Å². The summed E-state index contributed by atoms with van der Waals surface area (Å²) in [5, 5.41) is 18.5. The zero-order chi connectivity index (χ0) is 16.8. The van der Waals surface area contributed by atoms with Crippen LogP contribution in [-0.2, 0) is 12.6 Å². The van der Waals surface area contributed by atoms with Crippen molar-refractivity contribution in [1.29, 1.82) is 0 Å². The first-order chi connectivity index (χ1) is 10.8. The number of fused-ring (bicyclic) bond motifs is 1. The van der Waals surface area contributed by atoms with E-state index < -0.39 is 24.3 Å². The average Bonchev–Trinajstić information content (AvgIpc) is 2.86. The smallest absolute Gasteiger partial charge is 0.423 e. The number of Topliss-reactive ketones (excluding diaryl/α,β-unsaturated/α-hetero) is 1. The van der Waals surface area contributed by atoms with Crippen molar-refractivity contribution in [1.82, 2.24) is 0 Å². The van der Waals surface area contributed by atoms with Gasteiger partial charge in [0.25, 0.3) is 0 Å². The number of hydrogen-bond acceptors (Lipinski definition) is 3. The molecule has 3 nitrogen and oxygen atoms in total. The Kier molecular flexibility index (Phi) is 3.78. The number of carbonyl (C=O) groups is 1. The molecule has 0 spiro atoms. The second kappa shape index (κ2) is 5.51. The third kappa shape index (κ3) is 2.89. The first-order valence-electron chi connectivity index (χ1n) is 7.01. The largest absolute Gasteiger partial charge is 0.489 e. The van der Waals surface area contributed by atoms with E-state index in [0.29, 0.717) is 29.5 Å². The quantitative estimate of drug-likeness (QED) is 0.834. The van der Waals surface area contributed by atoms with Crippen LogP contribution in [0.2, 0.25) is 0 Å². The van der Waals surface area contributed by atoms with Gasteiger partial charge in [0.05, 0.1) is 5.56 Å². The molecule has 23 heavy (non-hydrogen) atoms. The molecule has 0 amide bonds. The number of alkyl halides is 3. The Hall–Kier alpha value is -2.12. The average molecular weight is 320 g/mol. The van der Waals surface area contributed by atoms with Crippen LogP contribution in [0.15, 0.2) is 36.4 Å². The number of benzene rings is 2. The van der Waals surface area contributed by atoms with Crippen LogP contribution in [0.3, 0.4) is 0 Å². The van der Waals surface area contributed by atoms with Crippen LogP contribution in [0.4, 0.5) is 13.2 Å². The summed E-state index contributed by atoms with van der Waals surface area (Å²) < 4.78 is 38.7. The molecule has 0 aromatic heterocycles. The van der Waals surface area contributed by atoms with Gasteiger partial charge in [0.1, 0.15) is 0 Å². The Bertz CT molecular complexity index is 785. The molecule has 0 saturated heterocycles. The molecular formula is C16H12BF3O3. The first-order valence-corrected chi connectivity index (χ1v) is 7.01. The Morgan fingerprint density at radius 3 is 2.26 bits per heavy atom. The van der Waals surface area contributed by atoms with Crippen molar-refractivity contribution in [3.8, 4) is 11.1 Å². The molecule has 0 unspecified atom stereocenters. The van der Waals surface area contributed by atoms with Crippen molar-refractivity contribution in [3.05, 3.63) is 53.1 Å². The molecule has 0 bridgehead atoms. The maximum absolute atomic E-state index is 12.9. The van der Waals surface area contributed by atoms with Gasteiger partial charge in [-0.2, -0.15) is 13.2 Å². The summed E-state index contributed by atoms with van der Waals surface area (Å²) in [5.41, 5.74) is 0.901. The van der Waals surface area contributed by atoms with Crippen LogP contribution in [-0.4, -0.2) is 22.9 Å². The highest BCUT2D eigenvalue weighted by atomic mass is 19.4. The van der Waals surface area contributed by atoms with Crippen LogP contribution in [0.1, 0.15) is 27.9 Å². The minimum absolute atomic E-state index is 0.0606. The Balaban J connectivity index is 2.08. The van der Waals surface area contributed by atoms with Crippen LogP contribution >= 0.6 is 0 Å². The summed E-state index contributed by atoms with van der Waals surface area (Å²) in [7, 11) is -2.22. The number of rotatable bonds is 2. The molecular weight excluding hydrogens is 308 g/mol. The van der Waals surface area contributed by atoms with E-state index in [1.165, 1.54) is 6.07 Å². The van der Waals surface area contributed by atoms with E-state index in [1.54, 1.807) is 18.2 Å². The molecule has 0 fully saturated rings. The fourth-order valence-corrected chi connectivity index (χ4v) is 2.85. The summed E-state index contributed by atoms with van der Waals surface area (Å²) in [6.07, 6.45) is -3.62. The normalized spacial score (nSPS) is 14.0. The van der Waals surface area contributed by atoms with Crippen LogP contribution in [0, 0.1) is 0 Å². The minimum Gasteiger partial charge on any atom is -0.423 e. The molecule has 118 valence electrons. The van der Waals surface area contributed by atoms with Gasteiger partial charge in [-0.05, 0) is 34.6 Å². The molecule has 1 aliphatic rings. The van der Waals surface area contributed by atoms with Gasteiger partial charge in [-0.1, -0.05) is 30.3 Å². The van der Waals surface area contributed by atoms with Gasteiger partial charge in [-0.3, -0.25) is 4.79 Å². The second-order valence-corrected chi connectivity index (χ2v) is 5.47. The number of hydrogen-bond donors (Lipinski definition) is 2. The number of aryl methyl sites for hydroxylation is 1. The van der Waals surface area contributed by atoms with Gasteiger partial charge < -0.3 is 10.0 Å². The highest BCUT2D eigenvalue weighted by molar-refractivity contribution is 6.59. The van der Waals surface area contributed by atoms with E-state index in [4.69, 9.17) is 0 Å². The molecule has 0 radical (unpaired) electrons. The van der Waals surface area contributed by atoms with Gasteiger partial charge in [0.15, 0.2) is 5.78 Å². The molecule has 2 N–H and O–H groups in total. The predicted octanol–water partition coefficient (Wildman–Crippen LogP) is 2.18. The van der Waals surface area contributed by atoms with Crippen molar-refractivity contribution in [2.24, 2.45) is 0 Å². The maximum atomic E-state index is 12.9. The van der Waals surface area contributed by atoms with Crippen LogP contribution in [0.5, 0.6) is 0 Å². The molecule has 1 aliphatic carbocycles. The van der Waals surface area contributed by atoms with Crippen molar-refractivity contribution in [2.75, 3.05) is 0 Å². The van der Waals surface area contributed by atoms with Gasteiger partial charge in [-0.25, -0.2) is 0 Å². The Labute approximate surface area is 130 Å². The maximum Gasteiger partial charge on any atom is 0.489 e. The molecule has 0 aliphatic heterocycles. The highest BCUT2D eigenvalue weighted by Crippen LogP contribution is 2.32. The summed E-state index contributed by atoms with van der Waals surface area (Å²) in [4.78, 5) is 11.6. The standard InChI is InChI=1S/C16H12BF3O3/c18-16(19,20)13-5-2-10(8-14(13)17(22)23)9-1-4-12-11(7-9)3-6-15(12)21/h1-2,4-5,7-8,22-23H,3,6H2. The zero-order valence-corrected chi connectivity index (χ0v) is 11.9. The molecule has 3 rings (SSSR count). The number of ketones is 1. The van der Waals surface area contributed by atoms with Crippen LogP contribution in [0.25, 0.3) is 11.1 Å². The molecule has 2 aromatic carbocycles. The van der Waals surface area contributed by atoms with E-state index in [1.807, 2.05) is 0 Å². The fraction of sp³-hybridized carbons (Fsp3) is 0.188. The van der Waals surface area contributed by atoms with E-state index in [2.05, 4.69) is 0 Å². The first kappa shape index (κ1) is 15.8. The predicted molar refractivity (Wildman–Crippen MR) is 79.4 cm³/mol. The van der Waals surface area contributed by atoms with E-state index >= 15 is 0 Å². The van der Waals surface area contributed by atoms with Gasteiger partial charge in [-0.15, -0.1) is 0 Å². The number of halogens is 3. The topological polar surface area (TPSA) is 57.5 Å². The van der Waals surface area contributed by atoms with Crippen molar-refractivity contribution < 1.29 is 28.0 Å². The number of carbonyl (C=O) groups excluding carboxylic acids is 1. The lowest BCUT2D eigenvalue weighted by Crippen LogP contribution is -2.36. The summed E-state index contributed by atoms with van der Waals surface area (Å²) >= 11 is 0. The lowest BCUT2D eigenvalue weighted by atomic mass is 9.75. The van der Waals surface area contributed by atoms with Gasteiger partial charge in [0.2, 0.25) is 0 Å². The van der Waals surface area contributed by atoms with Crippen LogP contribution < -0.4 is 5.46 Å². The third-order valence-electron chi connectivity index (χ3n) is 4.00. The van der Waals surface area contributed by atoms with Gasteiger partial charge in [0, 0.05) is 12.0 Å². The zero-order valence-electron chi connectivity index (χ0n) is 11.9. The Morgan fingerprint density at radius 2 is 1.61 bits per heavy atom. The monoisotopic (exact) mass is 320 g/mol. The lowest BCUT2D eigenvalue weighted by Gasteiger charge is -2.14. The lowest BCUT2D eigenvalue weighted by molar-refractivity contribution is -0.136. The van der Waals surface area contributed by atoms with E-state index in [9.17, 15) is 28.0 Å². The highest BCUT2D eigenvalue weighted by Gasteiger charge is 2.36. The molecule has 2 aromatic rings. The SMILES string of the molecule is O=C1CCc2cc(-c3ccc(C(F)(F)F)c(B(O)O)c3)ccc21.